The van der Waals surface area contributed by atoms with E-state index >= 15 is 0 Å². The van der Waals surface area contributed by atoms with Gasteiger partial charge in [-0.05, 0) is 44.9 Å². The number of hydrogen-bond acceptors (Lipinski definition) is 7. The van der Waals surface area contributed by atoms with E-state index in [1.807, 2.05) is 0 Å². The smallest absolute Gasteiger partial charge is 0.306 e. The number of rotatable bonds is 33. The summed E-state index contributed by atoms with van der Waals surface area (Å²) in [6.45, 7) is 4.53. The Bertz CT molecular complexity index is 891. The molecule has 0 aromatic carbocycles. The van der Waals surface area contributed by atoms with Gasteiger partial charge in [0, 0.05) is 19.3 Å². The summed E-state index contributed by atoms with van der Waals surface area (Å²) < 4.78 is 17.0. The predicted octanol–water partition coefficient (Wildman–Crippen LogP) is 8.18. The number of unbranched alkanes of at least 4 members (excludes halogenated alkanes) is 13. The summed E-state index contributed by atoms with van der Waals surface area (Å²) in [6, 6.07) is -0.729. The van der Waals surface area contributed by atoms with Gasteiger partial charge >= 0.3 is 11.9 Å². The lowest BCUT2D eigenvalue weighted by Gasteiger charge is -2.34. The Hall–Kier alpha value is -2.45. The largest absolute Gasteiger partial charge is 0.544 e. The lowest BCUT2D eigenvalue weighted by Crippen LogP contribution is -2.55. The molecule has 0 rings (SSSR count). The highest BCUT2D eigenvalue weighted by atomic mass is 16.6. The first-order valence-electron chi connectivity index (χ1n) is 19.0. The van der Waals surface area contributed by atoms with Gasteiger partial charge in [-0.15, -0.1) is 0 Å². The van der Waals surface area contributed by atoms with Gasteiger partial charge in [-0.3, -0.25) is 9.59 Å². The first-order chi connectivity index (χ1) is 23.1. The van der Waals surface area contributed by atoms with Crippen LogP contribution in [0.1, 0.15) is 149 Å². The molecule has 0 saturated heterocycles. The molecule has 0 spiro atoms. The van der Waals surface area contributed by atoms with Crippen molar-refractivity contribution in [3.8, 4) is 0 Å². The van der Waals surface area contributed by atoms with Crippen LogP contribution >= 0.6 is 0 Å². The van der Waals surface area contributed by atoms with Crippen molar-refractivity contribution < 1.29 is 38.2 Å². The van der Waals surface area contributed by atoms with Crippen molar-refractivity contribution >= 4 is 17.9 Å². The molecule has 278 valence electrons. The molecule has 0 radical (unpaired) electrons. The van der Waals surface area contributed by atoms with Gasteiger partial charge in [-0.25, -0.2) is 0 Å². The number of likely N-dealkylation sites (N-methyl/N-ethyl adjacent to an activating group) is 1. The minimum Gasteiger partial charge on any atom is -0.544 e. The second-order valence-corrected chi connectivity index (χ2v) is 13.8. The van der Waals surface area contributed by atoms with Crippen molar-refractivity contribution in [1.29, 1.82) is 0 Å². The topological polar surface area (TPSA) is 102 Å². The lowest BCUT2D eigenvalue weighted by atomic mass is 10.1. The molecule has 0 aliphatic rings. The van der Waals surface area contributed by atoms with Crippen LogP contribution in [-0.2, 0) is 28.6 Å². The number of nitrogens with zero attached hydrogens (tertiary/aromatic N) is 1. The zero-order valence-corrected chi connectivity index (χ0v) is 31.4. The van der Waals surface area contributed by atoms with Crippen LogP contribution in [-0.4, -0.2) is 75.5 Å². The Morgan fingerprint density at radius 2 is 1.12 bits per heavy atom. The van der Waals surface area contributed by atoms with Crippen molar-refractivity contribution in [2.75, 3.05) is 41.0 Å². The molecule has 0 heterocycles. The van der Waals surface area contributed by atoms with Gasteiger partial charge in [0.15, 0.2) is 6.10 Å². The summed E-state index contributed by atoms with van der Waals surface area (Å²) in [5.74, 6) is -1.81. The number of ether oxygens (including phenoxy) is 3. The third-order valence-corrected chi connectivity index (χ3v) is 8.28. The van der Waals surface area contributed by atoms with Crippen molar-refractivity contribution in [3.63, 3.8) is 0 Å². The summed E-state index contributed by atoms with van der Waals surface area (Å²) in [5, 5.41) is 11.5. The summed E-state index contributed by atoms with van der Waals surface area (Å²) >= 11 is 0. The minimum atomic E-state index is -1.13. The number of carboxylic acid groups (broad SMARTS) is 1. The minimum absolute atomic E-state index is 0.0259. The summed E-state index contributed by atoms with van der Waals surface area (Å²) in [6.07, 6.45) is 33.3. The number of hydrogen-bond donors (Lipinski definition) is 0. The molecule has 0 aliphatic heterocycles. The van der Waals surface area contributed by atoms with E-state index in [-0.39, 0.29) is 49.1 Å². The molecule has 0 amide bonds. The molecule has 0 aromatic rings. The Kier molecular flexibility index (Phi) is 30.2. The zero-order chi connectivity index (χ0) is 35.7. The molecule has 0 aliphatic carbocycles. The number of carboxylic acids is 1. The molecule has 0 fully saturated rings. The molecular formula is C40H71NO7. The lowest BCUT2D eigenvalue weighted by molar-refractivity contribution is -0.889. The third kappa shape index (κ3) is 29.7. The van der Waals surface area contributed by atoms with E-state index in [0.717, 1.165) is 38.5 Å². The molecule has 2 unspecified atom stereocenters. The summed E-state index contributed by atoms with van der Waals surface area (Å²) in [7, 11) is 5.37. The molecule has 0 aromatic heterocycles. The van der Waals surface area contributed by atoms with Crippen LogP contribution in [0.3, 0.4) is 0 Å². The van der Waals surface area contributed by atoms with Gasteiger partial charge < -0.3 is 28.6 Å². The van der Waals surface area contributed by atoms with Crippen molar-refractivity contribution in [2.24, 2.45) is 0 Å². The first-order valence-corrected chi connectivity index (χ1v) is 19.0. The Morgan fingerprint density at radius 1 is 0.625 bits per heavy atom. The third-order valence-electron chi connectivity index (χ3n) is 8.28. The Balaban J connectivity index is 4.42. The van der Waals surface area contributed by atoms with Crippen LogP contribution in [0.4, 0.5) is 0 Å². The summed E-state index contributed by atoms with van der Waals surface area (Å²) in [5.41, 5.74) is 0. The fourth-order valence-electron chi connectivity index (χ4n) is 5.26. The van der Waals surface area contributed by atoms with E-state index in [1.54, 1.807) is 21.1 Å². The quantitative estimate of drug-likeness (QED) is 0.0299. The number of aliphatic carboxylic acids is 1. The van der Waals surface area contributed by atoms with Crippen LogP contribution in [0.15, 0.2) is 36.5 Å². The number of carbonyl (C=O) groups is 3. The number of esters is 2. The van der Waals surface area contributed by atoms with Crippen LogP contribution in [0.2, 0.25) is 0 Å². The molecule has 48 heavy (non-hydrogen) atoms. The highest BCUT2D eigenvalue weighted by molar-refractivity contribution is 5.70. The number of carbonyl (C=O) groups excluding carboxylic acids is 3. The zero-order valence-electron chi connectivity index (χ0n) is 31.4. The molecule has 0 saturated carbocycles. The van der Waals surface area contributed by atoms with Crippen LogP contribution in [0, 0.1) is 0 Å². The standard InChI is InChI=1S/C40H71NO7/c1-6-8-10-12-14-15-16-17-18-19-20-21-22-23-25-26-28-30-38(42)47-35-36(34-46-33-32-37(40(44)45)41(3,4)5)48-39(43)31-29-27-24-13-11-9-7-2/h17-18,20-21,23,25,36-37H,6-16,19,22,24,26-35H2,1-5H3/b18-17+,21-20+,25-23+. The SMILES string of the molecule is CCCCCCCC/C=C/C/C=C/C/C=C/CCCC(=O)OCC(COCCC(C(=O)[O-])[N+](C)(C)C)OC(=O)CCCCCCCCC. The second kappa shape index (κ2) is 31.8. The van der Waals surface area contributed by atoms with E-state index in [1.165, 1.54) is 70.6 Å². The highest BCUT2D eigenvalue weighted by Gasteiger charge is 2.25. The van der Waals surface area contributed by atoms with E-state index in [0.29, 0.717) is 12.8 Å². The highest BCUT2D eigenvalue weighted by Crippen LogP contribution is 2.12. The van der Waals surface area contributed by atoms with E-state index in [9.17, 15) is 19.5 Å². The molecule has 8 nitrogen and oxygen atoms in total. The van der Waals surface area contributed by atoms with E-state index in [2.05, 4.69) is 50.3 Å². The van der Waals surface area contributed by atoms with Gasteiger partial charge in [0.2, 0.25) is 0 Å². The first kappa shape index (κ1) is 45.6. The van der Waals surface area contributed by atoms with Gasteiger partial charge in [-0.2, -0.15) is 0 Å². The van der Waals surface area contributed by atoms with Crippen molar-refractivity contribution in [2.45, 2.75) is 161 Å². The van der Waals surface area contributed by atoms with Crippen LogP contribution < -0.4 is 5.11 Å². The predicted molar refractivity (Wildman–Crippen MR) is 194 cm³/mol. The second-order valence-electron chi connectivity index (χ2n) is 13.8. The fraction of sp³-hybridized carbons (Fsp3) is 0.775. The maximum Gasteiger partial charge on any atom is 0.306 e. The number of allylic oxidation sites excluding steroid dienone is 6. The van der Waals surface area contributed by atoms with Crippen LogP contribution in [0.5, 0.6) is 0 Å². The summed E-state index contributed by atoms with van der Waals surface area (Å²) in [4.78, 5) is 36.5. The van der Waals surface area contributed by atoms with E-state index < -0.39 is 18.1 Å². The van der Waals surface area contributed by atoms with Gasteiger partial charge in [0.1, 0.15) is 12.6 Å². The Labute approximate surface area is 293 Å². The maximum absolute atomic E-state index is 12.5. The average Bonchev–Trinajstić information content (AvgIpc) is 3.03. The molecule has 2 atom stereocenters. The normalized spacial score (nSPS) is 13.4. The monoisotopic (exact) mass is 678 g/mol. The molecular weight excluding hydrogens is 606 g/mol. The van der Waals surface area contributed by atoms with Crippen molar-refractivity contribution in [1.82, 2.24) is 0 Å². The number of quaternary nitrogens is 1. The Morgan fingerprint density at radius 3 is 1.69 bits per heavy atom. The molecule has 8 heteroatoms. The van der Waals surface area contributed by atoms with Gasteiger partial charge in [-0.1, -0.05) is 121 Å². The fourth-order valence-corrected chi connectivity index (χ4v) is 5.26. The molecule has 0 N–H and O–H groups in total. The van der Waals surface area contributed by atoms with Crippen LogP contribution in [0.25, 0.3) is 0 Å². The molecule has 0 bridgehead atoms. The maximum atomic E-state index is 12.5. The van der Waals surface area contributed by atoms with E-state index in [4.69, 9.17) is 14.2 Å². The van der Waals surface area contributed by atoms with Gasteiger partial charge in [0.05, 0.1) is 40.3 Å². The average molecular weight is 678 g/mol. The van der Waals surface area contributed by atoms with Crippen molar-refractivity contribution in [3.05, 3.63) is 36.5 Å². The van der Waals surface area contributed by atoms with Gasteiger partial charge in [0.25, 0.3) is 0 Å².